The highest BCUT2D eigenvalue weighted by molar-refractivity contribution is 6.33. The average Bonchev–Trinajstić information content (AvgIpc) is 2.91. The van der Waals surface area contributed by atoms with Crippen molar-refractivity contribution in [3.8, 4) is 5.75 Å². The number of ether oxygens (including phenoxy) is 2. The van der Waals surface area contributed by atoms with Gasteiger partial charge in [0.25, 0.3) is 0 Å². The zero-order valence-corrected chi connectivity index (χ0v) is 21.7. The molecule has 0 saturated heterocycles. The van der Waals surface area contributed by atoms with Crippen molar-refractivity contribution < 1.29 is 23.5 Å². The van der Waals surface area contributed by atoms with E-state index in [2.05, 4.69) is 12.2 Å². The predicted octanol–water partition coefficient (Wildman–Crippen LogP) is 6.43. The molecule has 1 amide bonds. The minimum atomic E-state index is -0.444. The van der Waals surface area contributed by atoms with E-state index < -0.39 is 11.7 Å². The van der Waals surface area contributed by atoms with Crippen LogP contribution in [0, 0.1) is 11.8 Å². The Bertz CT molecular complexity index is 1280. The predicted molar refractivity (Wildman–Crippen MR) is 142 cm³/mol. The molecule has 7 nitrogen and oxygen atoms in total. The third-order valence-corrected chi connectivity index (χ3v) is 7.12. The molecule has 0 radical (unpaired) electrons. The number of hydrogen-bond acceptors (Lipinski definition) is 6. The summed E-state index contributed by atoms with van der Waals surface area (Å²) in [6.07, 6.45) is 5.15. The minimum absolute atomic E-state index is 0.194. The maximum absolute atomic E-state index is 12.9. The number of carbonyl (C=O) groups is 2. The molecule has 2 aromatic carbocycles. The number of halogens is 1. The lowest BCUT2D eigenvalue weighted by Gasteiger charge is -2.27. The van der Waals surface area contributed by atoms with Crippen molar-refractivity contribution in [2.24, 2.45) is 11.8 Å². The highest BCUT2D eigenvalue weighted by Gasteiger charge is 2.28. The second kappa shape index (κ2) is 12.8. The number of aryl methyl sites for hydroxylation is 1. The molecule has 1 aliphatic rings. The third-order valence-electron chi connectivity index (χ3n) is 6.82. The lowest BCUT2D eigenvalue weighted by atomic mass is 9.82. The van der Waals surface area contributed by atoms with Gasteiger partial charge in [-0.05, 0) is 61.6 Å². The lowest BCUT2D eigenvalue weighted by Crippen LogP contribution is -2.33. The van der Waals surface area contributed by atoms with Crippen molar-refractivity contribution >= 4 is 34.6 Å². The van der Waals surface area contributed by atoms with Gasteiger partial charge in [0.05, 0.1) is 10.9 Å². The molecule has 0 bridgehead atoms. The maximum Gasteiger partial charge on any atom is 0.407 e. The fourth-order valence-corrected chi connectivity index (χ4v) is 4.88. The molecule has 196 valence electrons. The van der Waals surface area contributed by atoms with Gasteiger partial charge in [-0.15, -0.1) is 0 Å². The summed E-state index contributed by atoms with van der Waals surface area (Å²) in [6, 6.07) is 14.2. The topological polar surface area (TPSA) is 94.8 Å². The van der Waals surface area contributed by atoms with Crippen LogP contribution in [-0.4, -0.2) is 18.6 Å². The summed E-state index contributed by atoms with van der Waals surface area (Å²) >= 11 is 6.44. The zero-order valence-electron chi connectivity index (χ0n) is 21.0. The van der Waals surface area contributed by atoms with E-state index in [-0.39, 0.29) is 30.2 Å². The van der Waals surface area contributed by atoms with E-state index in [9.17, 15) is 14.4 Å². The standard InChI is InChI=1S/C29H32ClNO6/c1-2-3-9-22-14-27(32)36-25-16-26(24(30)15-23(22)25)37-28(33)21-12-10-19(11-13-21)17-31-29(34)35-18-20-7-5-4-6-8-20/h4-8,14-16,19,21H,2-3,9-13,17-18H2,1H3,(H,31,34). The Morgan fingerprint density at radius 3 is 2.57 bits per heavy atom. The van der Waals surface area contributed by atoms with Crippen molar-refractivity contribution in [1.29, 1.82) is 0 Å². The second-order valence-corrected chi connectivity index (χ2v) is 9.96. The molecule has 4 rings (SSSR count). The monoisotopic (exact) mass is 525 g/mol. The lowest BCUT2D eigenvalue weighted by molar-refractivity contribution is -0.140. The first-order chi connectivity index (χ1) is 17.9. The molecule has 37 heavy (non-hydrogen) atoms. The summed E-state index contributed by atoms with van der Waals surface area (Å²) < 4.78 is 16.3. The normalized spacial score (nSPS) is 17.4. The molecule has 8 heteroatoms. The van der Waals surface area contributed by atoms with Crippen molar-refractivity contribution in [1.82, 2.24) is 5.32 Å². The van der Waals surface area contributed by atoms with Crippen LogP contribution in [0.4, 0.5) is 4.79 Å². The third kappa shape index (κ3) is 7.35. The smallest absolute Gasteiger partial charge is 0.407 e. The Kier molecular flexibility index (Phi) is 9.23. The van der Waals surface area contributed by atoms with Gasteiger partial charge < -0.3 is 19.2 Å². The Balaban J connectivity index is 1.27. The Hall–Kier alpha value is -3.32. The summed E-state index contributed by atoms with van der Waals surface area (Å²) in [4.78, 5) is 36.9. The van der Waals surface area contributed by atoms with E-state index in [0.29, 0.717) is 30.0 Å². The Morgan fingerprint density at radius 2 is 1.84 bits per heavy atom. The van der Waals surface area contributed by atoms with E-state index in [1.807, 2.05) is 30.3 Å². The quantitative estimate of drug-likeness (QED) is 0.196. The van der Waals surface area contributed by atoms with Gasteiger partial charge in [-0.25, -0.2) is 9.59 Å². The van der Waals surface area contributed by atoms with Gasteiger partial charge in [0.2, 0.25) is 0 Å². The molecular formula is C29H32ClNO6. The molecule has 0 unspecified atom stereocenters. The molecule has 3 aromatic rings. The average molecular weight is 526 g/mol. The number of amides is 1. The SMILES string of the molecule is CCCCc1cc(=O)oc2cc(OC(=O)C3CCC(CNC(=O)OCc4ccccc4)CC3)c(Cl)cc12. The number of benzene rings is 2. The highest BCUT2D eigenvalue weighted by Crippen LogP contribution is 2.34. The molecule has 1 heterocycles. The van der Waals surface area contributed by atoms with Gasteiger partial charge in [-0.2, -0.15) is 0 Å². The van der Waals surface area contributed by atoms with Crippen LogP contribution in [-0.2, 0) is 22.6 Å². The van der Waals surface area contributed by atoms with Crippen LogP contribution in [0.2, 0.25) is 5.02 Å². The van der Waals surface area contributed by atoms with Crippen molar-refractivity contribution in [2.75, 3.05) is 6.54 Å². The maximum atomic E-state index is 12.9. The molecule has 1 N–H and O–H groups in total. The number of fused-ring (bicyclic) bond motifs is 1. The van der Waals surface area contributed by atoms with E-state index >= 15 is 0 Å². The molecule has 1 aliphatic carbocycles. The van der Waals surface area contributed by atoms with Crippen molar-refractivity contribution in [3.05, 3.63) is 75.1 Å². The van der Waals surface area contributed by atoms with Crippen LogP contribution in [0.3, 0.4) is 0 Å². The van der Waals surface area contributed by atoms with E-state index in [1.54, 1.807) is 6.07 Å². The van der Waals surface area contributed by atoms with Crippen LogP contribution >= 0.6 is 11.6 Å². The van der Waals surface area contributed by atoms with E-state index in [4.69, 9.17) is 25.5 Å². The molecule has 0 atom stereocenters. The van der Waals surface area contributed by atoms with E-state index in [0.717, 1.165) is 48.6 Å². The van der Waals surface area contributed by atoms with Gasteiger partial charge in [-0.3, -0.25) is 4.79 Å². The van der Waals surface area contributed by atoms with Gasteiger partial charge in [0.1, 0.15) is 12.2 Å². The van der Waals surface area contributed by atoms with Gasteiger partial charge in [0, 0.05) is 24.1 Å². The highest BCUT2D eigenvalue weighted by atomic mass is 35.5. The van der Waals surface area contributed by atoms with Crippen LogP contribution in [0.5, 0.6) is 5.75 Å². The number of esters is 1. The first-order valence-electron chi connectivity index (χ1n) is 12.9. The number of hydrogen-bond donors (Lipinski definition) is 1. The number of carbonyl (C=O) groups excluding carboxylic acids is 2. The molecule has 0 aliphatic heterocycles. The molecule has 1 fully saturated rings. The van der Waals surface area contributed by atoms with Gasteiger partial charge in [0.15, 0.2) is 5.75 Å². The molecular weight excluding hydrogens is 494 g/mol. The fourth-order valence-electron chi connectivity index (χ4n) is 4.68. The minimum Gasteiger partial charge on any atom is -0.445 e. The van der Waals surface area contributed by atoms with Crippen molar-refractivity contribution in [3.63, 3.8) is 0 Å². The van der Waals surface area contributed by atoms with Crippen LogP contribution < -0.4 is 15.7 Å². The summed E-state index contributed by atoms with van der Waals surface area (Å²) in [7, 11) is 0. The van der Waals surface area contributed by atoms with Crippen LogP contribution in [0.15, 0.2) is 57.7 Å². The number of alkyl carbamates (subject to hydrolysis) is 1. The first-order valence-corrected chi connectivity index (χ1v) is 13.2. The molecule has 1 aromatic heterocycles. The van der Waals surface area contributed by atoms with Crippen molar-refractivity contribution in [2.45, 2.75) is 58.5 Å². The first kappa shape index (κ1) is 26.7. The summed E-state index contributed by atoms with van der Waals surface area (Å²) in [5, 5.41) is 3.88. The summed E-state index contributed by atoms with van der Waals surface area (Å²) in [6.45, 7) is 2.82. The number of rotatable bonds is 9. The fraction of sp³-hybridized carbons (Fsp3) is 0.414. The summed E-state index contributed by atoms with van der Waals surface area (Å²) in [5.74, 6) is -0.135. The summed E-state index contributed by atoms with van der Waals surface area (Å²) in [5.41, 5.74) is 1.74. The van der Waals surface area contributed by atoms with Gasteiger partial charge in [-0.1, -0.05) is 55.3 Å². The second-order valence-electron chi connectivity index (χ2n) is 9.55. The van der Waals surface area contributed by atoms with Crippen LogP contribution in [0.1, 0.15) is 56.6 Å². The molecule has 1 saturated carbocycles. The number of nitrogens with one attached hydrogen (secondary N) is 1. The van der Waals surface area contributed by atoms with E-state index in [1.165, 1.54) is 12.1 Å². The zero-order chi connectivity index (χ0) is 26.2. The van der Waals surface area contributed by atoms with Gasteiger partial charge >= 0.3 is 17.7 Å². The number of unbranched alkanes of at least 4 members (excludes halogenated alkanes) is 1. The Labute approximate surface area is 221 Å². The Morgan fingerprint density at radius 1 is 1.08 bits per heavy atom. The largest absolute Gasteiger partial charge is 0.445 e. The van der Waals surface area contributed by atoms with Crippen LogP contribution in [0.25, 0.3) is 11.0 Å². The molecule has 0 spiro atoms.